The molecule has 7 heteroatoms. The summed E-state index contributed by atoms with van der Waals surface area (Å²) in [7, 11) is 0. The Bertz CT molecular complexity index is 854. The molecule has 0 heterocycles. The average Bonchev–Trinajstić information content (AvgIpc) is 2.59. The molecule has 4 aliphatic carbocycles. The highest BCUT2D eigenvalue weighted by atomic mass is 79.9. The van der Waals surface area contributed by atoms with Crippen LogP contribution in [-0.4, -0.2) is 29.9 Å². The second-order valence-electron chi connectivity index (χ2n) is 9.31. The number of hydrogen-bond acceptors (Lipinski definition) is 4. The van der Waals surface area contributed by atoms with Crippen molar-refractivity contribution in [3.05, 3.63) is 28.2 Å². The van der Waals surface area contributed by atoms with Gasteiger partial charge in [-0.25, -0.2) is 0 Å². The second-order valence-corrected chi connectivity index (χ2v) is 10.2. The van der Waals surface area contributed by atoms with Gasteiger partial charge in [0.25, 0.3) is 5.91 Å². The van der Waals surface area contributed by atoms with Gasteiger partial charge in [-0.1, -0.05) is 6.07 Å². The lowest BCUT2D eigenvalue weighted by atomic mass is 9.47. The van der Waals surface area contributed by atoms with Crippen molar-refractivity contribution in [3.63, 3.8) is 0 Å². The van der Waals surface area contributed by atoms with E-state index in [1.807, 2.05) is 25.1 Å². The van der Waals surface area contributed by atoms with Gasteiger partial charge in [0, 0.05) is 16.9 Å². The number of aryl methyl sites for hydroxylation is 1. The molecule has 4 saturated carbocycles. The molecule has 4 bridgehead atoms. The molecule has 2 amide bonds. The van der Waals surface area contributed by atoms with Crippen molar-refractivity contribution in [1.29, 1.82) is 0 Å². The summed E-state index contributed by atoms with van der Waals surface area (Å²) in [5, 5.41) is 5.92. The molecular weight excluding hydrogens is 436 g/mol. The van der Waals surface area contributed by atoms with Crippen LogP contribution < -0.4 is 10.6 Å². The quantitative estimate of drug-likeness (QED) is 0.653. The van der Waals surface area contributed by atoms with Crippen LogP contribution in [0, 0.1) is 24.2 Å². The molecule has 2 unspecified atom stereocenters. The Morgan fingerprint density at radius 3 is 2.48 bits per heavy atom. The smallest absolute Gasteiger partial charge is 0.312 e. The summed E-state index contributed by atoms with van der Waals surface area (Å²) >= 11 is 3.43. The number of rotatable bonds is 5. The number of ether oxygens (including phenoxy) is 1. The normalized spacial score (nSPS) is 32.0. The maximum atomic E-state index is 13.1. The van der Waals surface area contributed by atoms with Gasteiger partial charge in [-0.3, -0.25) is 14.4 Å². The van der Waals surface area contributed by atoms with E-state index >= 15 is 0 Å². The van der Waals surface area contributed by atoms with Crippen molar-refractivity contribution < 1.29 is 19.1 Å². The van der Waals surface area contributed by atoms with Crippen LogP contribution in [0.15, 0.2) is 22.7 Å². The third kappa shape index (κ3) is 4.06. The molecule has 6 nitrogen and oxygen atoms in total. The van der Waals surface area contributed by atoms with Gasteiger partial charge in [-0.2, -0.15) is 0 Å². The van der Waals surface area contributed by atoms with E-state index in [4.69, 9.17) is 4.74 Å². The molecule has 0 aliphatic heterocycles. The molecular formula is C22H27BrN2O4. The number of carbonyl (C=O) groups excluding carboxylic acids is 3. The monoisotopic (exact) mass is 462 g/mol. The number of esters is 1. The number of carbonyl (C=O) groups is 3. The average molecular weight is 463 g/mol. The Morgan fingerprint density at radius 1 is 1.17 bits per heavy atom. The summed E-state index contributed by atoms with van der Waals surface area (Å²) in [4.78, 5) is 37.1. The lowest BCUT2D eigenvalue weighted by Gasteiger charge is -2.60. The zero-order valence-corrected chi connectivity index (χ0v) is 18.4. The van der Waals surface area contributed by atoms with E-state index in [1.54, 1.807) is 0 Å². The molecule has 0 saturated heterocycles. The Hall–Kier alpha value is -1.89. The van der Waals surface area contributed by atoms with Crippen LogP contribution in [0.1, 0.15) is 51.0 Å². The van der Waals surface area contributed by atoms with Crippen LogP contribution in [0.2, 0.25) is 0 Å². The van der Waals surface area contributed by atoms with E-state index in [0.29, 0.717) is 23.9 Å². The van der Waals surface area contributed by atoms with E-state index in [-0.39, 0.29) is 29.9 Å². The SMILES string of the molecule is CC(=O)NC12CC3CC(C1)CC(C(=O)OCC(=O)Nc1ccc(C)cc1Br)(C3)C2. The van der Waals surface area contributed by atoms with Gasteiger partial charge >= 0.3 is 5.97 Å². The van der Waals surface area contributed by atoms with Crippen LogP contribution in [-0.2, 0) is 19.1 Å². The fraction of sp³-hybridized carbons (Fsp3) is 0.591. The number of anilines is 1. The van der Waals surface area contributed by atoms with Gasteiger partial charge in [-0.05, 0) is 90.9 Å². The van der Waals surface area contributed by atoms with Gasteiger partial charge < -0.3 is 15.4 Å². The van der Waals surface area contributed by atoms with Crippen LogP contribution in [0.4, 0.5) is 5.69 Å². The van der Waals surface area contributed by atoms with E-state index in [0.717, 1.165) is 42.1 Å². The summed E-state index contributed by atoms with van der Waals surface area (Å²) in [5.41, 5.74) is 0.869. The van der Waals surface area contributed by atoms with Gasteiger partial charge in [0.05, 0.1) is 11.1 Å². The zero-order valence-electron chi connectivity index (χ0n) is 16.8. The first-order valence-electron chi connectivity index (χ1n) is 10.2. The predicted octanol–water partition coefficient (Wildman–Crippen LogP) is 3.71. The van der Waals surface area contributed by atoms with Gasteiger partial charge in [0.15, 0.2) is 6.61 Å². The Kier molecular flexibility index (Phi) is 5.21. The first-order chi connectivity index (χ1) is 13.7. The molecule has 5 rings (SSSR count). The third-order valence-electron chi connectivity index (χ3n) is 6.67. The van der Waals surface area contributed by atoms with E-state index in [1.165, 1.54) is 6.92 Å². The molecule has 4 aliphatic rings. The topological polar surface area (TPSA) is 84.5 Å². The minimum absolute atomic E-state index is 0.0430. The van der Waals surface area contributed by atoms with Crippen molar-refractivity contribution >= 4 is 39.4 Å². The Balaban J connectivity index is 1.40. The van der Waals surface area contributed by atoms with Crippen LogP contribution >= 0.6 is 15.9 Å². The number of hydrogen-bond donors (Lipinski definition) is 2. The van der Waals surface area contributed by atoms with Crippen LogP contribution in [0.5, 0.6) is 0 Å². The molecule has 0 radical (unpaired) electrons. The van der Waals surface area contributed by atoms with Gasteiger partial charge in [0.2, 0.25) is 5.91 Å². The molecule has 1 aromatic carbocycles. The van der Waals surface area contributed by atoms with Crippen LogP contribution in [0.25, 0.3) is 0 Å². The fourth-order valence-electron chi connectivity index (χ4n) is 6.21. The highest BCUT2D eigenvalue weighted by Crippen LogP contribution is 2.62. The molecule has 4 fully saturated rings. The summed E-state index contributed by atoms with van der Waals surface area (Å²) in [5.74, 6) is 0.183. The number of halogens is 1. The lowest BCUT2D eigenvalue weighted by Crippen LogP contribution is -2.64. The molecule has 2 N–H and O–H groups in total. The van der Waals surface area contributed by atoms with E-state index in [2.05, 4.69) is 26.6 Å². The summed E-state index contributed by atoms with van der Waals surface area (Å²) < 4.78 is 6.28. The lowest BCUT2D eigenvalue weighted by molar-refractivity contribution is -0.176. The van der Waals surface area contributed by atoms with Gasteiger partial charge in [0.1, 0.15) is 0 Å². The van der Waals surface area contributed by atoms with E-state index < -0.39 is 5.41 Å². The summed E-state index contributed by atoms with van der Waals surface area (Å²) in [6.45, 7) is 3.21. The summed E-state index contributed by atoms with van der Waals surface area (Å²) in [6.07, 6.45) is 5.23. The summed E-state index contributed by atoms with van der Waals surface area (Å²) in [6, 6.07) is 5.64. The molecule has 156 valence electrons. The number of benzene rings is 1. The largest absolute Gasteiger partial charge is 0.455 e. The minimum Gasteiger partial charge on any atom is -0.455 e. The molecule has 0 aromatic heterocycles. The highest BCUT2D eigenvalue weighted by molar-refractivity contribution is 9.10. The zero-order chi connectivity index (χ0) is 20.8. The van der Waals surface area contributed by atoms with E-state index in [9.17, 15) is 14.4 Å². The van der Waals surface area contributed by atoms with Crippen molar-refractivity contribution in [3.8, 4) is 0 Å². The number of amides is 2. The first kappa shape index (κ1) is 20.4. The maximum Gasteiger partial charge on any atom is 0.312 e. The maximum absolute atomic E-state index is 13.1. The highest BCUT2D eigenvalue weighted by Gasteiger charge is 2.61. The van der Waals surface area contributed by atoms with Crippen molar-refractivity contribution in [2.24, 2.45) is 17.3 Å². The molecule has 2 atom stereocenters. The van der Waals surface area contributed by atoms with Crippen molar-refractivity contribution in [1.82, 2.24) is 5.32 Å². The van der Waals surface area contributed by atoms with Crippen LogP contribution in [0.3, 0.4) is 0 Å². The molecule has 29 heavy (non-hydrogen) atoms. The minimum atomic E-state index is -0.572. The molecule has 0 spiro atoms. The predicted molar refractivity (Wildman–Crippen MR) is 112 cm³/mol. The standard InChI is InChI=1S/C22H27BrN2O4/c1-13-3-4-18(17(23)5-13)24-19(27)11-29-20(28)21-7-15-6-16(8-21)10-22(9-15,12-21)25-14(2)26/h3-5,15-16H,6-12H2,1-2H3,(H,24,27)(H,25,26). The fourth-order valence-corrected chi connectivity index (χ4v) is 6.81. The number of nitrogens with one attached hydrogen (secondary N) is 2. The Labute approximate surface area is 179 Å². The Morgan fingerprint density at radius 2 is 1.86 bits per heavy atom. The second kappa shape index (κ2) is 7.42. The first-order valence-corrected chi connectivity index (χ1v) is 11.0. The van der Waals surface area contributed by atoms with Crippen molar-refractivity contribution in [2.75, 3.05) is 11.9 Å². The third-order valence-corrected chi connectivity index (χ3v) is 7.32. The van der Waals surface area contributed by atoms with Gasteiger partial charge in [-0.15, -0.1) is 0 Å². The molecule has 1 aromatic rings. The van der Waals surface area contributed by atoms with Crippen molar-refractivity contribution in [2.45, 2.75) is 57.9 Å².